The zero-order valence-electron chi connectivity index (χ0n) is 17.1. The van der Waals surface area contributed by atoms with Gasteiger partial charge in [-0.2, -0.15) is 0 Å². The number of nitrogens with one attached hydrogen (secondary N) is 2. The number of piperazine rings is 1. The second kappa shape index (κ2) is 11.9. The van der Waals surface area contributed by atoms with Crippen LogP contribution in [0.2, 0.25) is 0 Å². The zero-order valence-corrected chi connectivity index (χ0v) is 19.5. The van der Waals surface area contributed by atoms with E-state index in [0.29, 0.717) is 19.2 Å². The van der Waals surface area contributed by atoms with Gasteiger partial charge < -0.3 is 25.0 Å². The Morgan fingerprint density at radius 3 is 2.48 bits per heavy atom. The van der Waals surface area contributed by atoms with Gasteiger partial charge in [-0.3, -0.25) is 9.89 Å². The zero-order chi connectivity index (χ0) is 19.0. The van der Waals surface area contributed by atoms with E-state index in [1.165, 1.54) is 0 Å². The molecule has 0 aromatic rings. The summed E-state index contributed by atoms with van der Waals surface area (Å²) in [5.74, 6) is 0.813. The number of carbonyl (C=O) groups is 1. The molecule has 2 fully saturated rings. The second-order valence-corrected chi connectivity index (χ2v) is 7.82. The standard InChI is InChI=1S/C18H35N5O3.HI/c1-18(2,3)26-17(24)23-11-9-22(10-12-23)8-7-20-16(19-4)21-14-15-6-5-13-25-15;/h15H,5-14H2,1-4H3,(H2,19,20,21);1H. The first kappa shape index (κ1) is 24.2. The fourth-order valence-electron chi connectivity index (χ4n) is 3.05. The largest absolute Gasteiger partial charge is 0.444 e. The van der Waals surface area contributed by atoms with E-state index in [2.05, 4.69) is 20.5 Å². The third-order valence-corrected chi connectivity index (χ3v) is 4.49. The Hall–Kier alpha value is -0.810. The van der Waals surface area contributed by atoms with Gasteiger partial charge in [-0.15, -0.1) is 24.0 Å². The summed E-state index contributed by atoms with van der Waals surface area (Å²) in [6.07, 6.45) is 2.35. The van der Waals surface area contributed by atoms with Gasteiger partial charge in [-0.1, -0.05) is 0 Å². The maximum atomic E-state index is 12.1. The van der Waals surface area contributed by atoms with Crippen LogP contribution in [0.25, 0.3) is 0 Å². The van der Waals surface area contributed by atoms with Gasteiger partial charge >= 0.3 is 6.09 Å². The van der Waals surface area contributed by atoms with E-state index in [1.807, 2.05) is 20.8 Å². The fourth-order valence-corrected chi connectivity index (χ4v) is 3.05. The Labute approximate surface area is 180 Å². The molecule has 2 heterocycles. The number of halogens is 1. The van der Waals surface area contributed by atoms with Gasteiger partial charge in [0.2, 0.25) is 0 Å². The molecule has 0 bridgehead atoms. The van der Waals surface area contributed by atoms with Crippen LogP contribution in [0.3, 0.4) is 0 Å². The Kier molecular flexibility index (Phi) is 10.7. The van der Waals surface area contributed by atoms with Crippen molar-refractivity contribution < 1.29 is 14.3 Å². The number of carbonyl (C=O) groups excluding carboxylic acids is 1. The summed E-state index contributed by atoms with van der Waals surface area (Å²) >= 11 is 0. The van der Waals surface area contributed by atoms with Crippen molar-refractivity contribution in [3.8, 4) is 0 Å². The van der Waals surface area contributed by atoms with Gasteiger partial charge in [0.1, 0.15) is 5.60 Å². The summed E-state index contributed by atoms with van der Waals surface area (Å²) in [5, 5.41) is 6.66. The first-order chi connectivity index (χ1) is 12.4. The van der Waals surface area contributed by atoms with Crippen molar-refractivity contribution in [2.75, 3.05) is 59.5 Å². The molecule has 2 saturated heterocycles. The van der Waals surface area contributed by atoms with Crippen LogP contribution in [0.1, 0.15) is 33.6 Å². The Bertz CT molecular complexity index is 470. The third kappa shape index (κ3) is 9.29. The number of nitrogens with zero attached hydrogens (tertiary/aromatic N) is 3. The third-order valence-electron chi connectivity index (χ3n) is 4.49. The number of hydrogen-bond acceptors (Lipinski definition) is 5. The topological polar surface area (TPSA) is 78.4 Å². The van der Waals surface area contributed by atoms with Crippen LogP contribution < -0.4 is 10.6 Å². The quantitative estimate of drug-likeness (QED) is 0.341. The summed E-state index contributed by atoms with van der Waals surface area (Å²) in [6, 6.07) is 0. The molecule has 1 atom stereocenters. The highest BCUT2D eigenvalue weighted by atomic mass is 127. The highest BCUT2D eigenvalue weighted by Gasteiger charge is 2.25. The number of aliphatic imine (C=N–C) groups is 1. The van der Waals surface area contributed by atoms with Gasteiger partial charge in [0.15, 0.2) is 5.96 Å². The molecule has 2 aliphatic rings. The van der Waals surface area contributed by atoms with Gasteiger partial charge in [0.25, 0.3) is 0 Å². The minimum atomic E-state index is -0.440. The van der Waals surface area contributed by atoms with Crippen molar-refractivity contribution >= 4 is 36.0 Å². The summed E-state index contributed by atoms with van der Waals surface area (Å²) in [5.41, 5.74) is -0.440. The van der Waals surface area contributed by atoms with Gasteiger partial charge in [0.05, 0.1) is 6.10 Å². The van der Waals surface area contributed by atoms with E-state index in [1.54, 1.807) is 11.9 Å². The van der Waals surface area contributed by atoms with Crippen molar-refractivity contribution in [2.45, 2.75) is 45.3 Å². The van der Waals surface area contributed by atoms with Gasteiger partial charge in [0, 0.05) is 59.5 Å². The van der Waals surface area contributed by atoms with Gasteiger partial charge in [-0.05, 0) is 33.6 Å². The lowest BCUT2D eigenvalue weighted by atomic mass is 10.2. The molecule has 0 saturated carbocycles. The van der Waals surface area contributed by atoms with Crippen LogP contribution in [0.5, 0.6) is 0 Å². The molecule has 0 aliphatic carbocycles. The molecule has 0 aromatic heterocycles. The van der Waals surface area contributed by atoms with Crippen LogP contribution in [0.4, 0.5) is 4.79 Å². The summed E-state index contributed by atoms with van der Waals surface area (Å²) in [4.78, 5) is 20.5. The highest BCUT2D eigenvalue weighted by Crippen LogP contribution is 2.12. The molecule has 27 heavy (non-hydrogen) atoms. The molecule has 8 nitrogen and oxygen atoms in total. The lowest BCUT2D eigenvalue weighted by molar-refractivity contribution is 0.0147. The molecule has 2 rings (SSSR count). The smallest absolute Gasteiger partial charge is 0.410 e. The molecule has 9 heteroatoms. The molecular formula is C18H36IN5O3. The minimum Gasteiger partial charge on any atom is -0.444 e. The Morgan fingerprint density at radius 1 is 1.22 bits per heavy atom. The Morgan fingerprint density at radius 2 is 1.93 bits per heavy atom. The summed E-state index contributed by atoms with van der Waals surface area (Å²) in [7, 11) is 1.78. The van der Waals surface area contributed by atoms with E-state index < -0.39 is 5.60 Å². The van der Waals surface area contributed by atoms with Crippen LogP contribution in [0, 0.1) is 0 Å². The van der Waals surface area contributed by atoms with E-state index >= 15 is 0 Å². The number of ether oxygens (including phenoxy) is 2. The average molecular weight is 497 g/mol. The monoisotopic (exact) mass is 497 g/mol. The number of guanidine groups is 1. The molecular weight excluding hydrogens is 461 g/mol. The lowest BCUT2D eigenvalue weighted by Crippen LogP contribution is -2.51. The predicted octanol–water partition coefficient (Wildman–Crippen LogP) is 1.50. The van der Waals surface area contributed by atoms with E-state index in [4.69, 9.17) is 9.47 Å². The van der Waals surface area contributed by atoms with Crippen LogP contribution in [-0.2, 0) is 9.47 Å². The lowest BCUT2D eigenvalue weighted by Gasteiger charge is -2.35. The molecule has 0 aromatic carbocycles. The first-order valence-electron chi connectivity index (χ1n) is 9.64. The van der Waals surface area contributed by atoms with Crippen molar-refractivity contribution in [1.82, 2.24) is 20.4 Å². The molecule has 2 N–H and O–H groups in total. The minimum absolute atomic E-state index is 0. The van der Waals surface area contributed by atoms with Crippen LogP contribution >= 0.6 is 24.0 Å². The highest BCUT2D eigenvalue weighted by molar-refractivity contribution is 14.0. The van der Waals surface area contributed by atoms with Crippen molar-refractivity contribution in [2.24, 2.45) is 4.99 Å². The van der Waals surface area contributed by atoms with Crippen molar-refractivity contribution in [1.29, 1.82) is 0 Å². The molecule has 0 spiro atoms. The van der Waals surface area contributed by atoms with Crippen molar-refractivity contribution in [3.05, 3.63) is 0 Å². The number of hydrogen-bond donors (Lipinski definition) is 2. The number of amides is 1. The van der Waals surface area contributed by atoms with Crippen LogP contribution in [0.15, 0.2) is 4.99 Å². The average Bonchev–Trinajstić information content (AvgIpc) is 3.10. The van der Waals surface area contributed by atoms with E-state index in [9.17, 15) is 4.79 Å². The van der Waals surface area contributed by atoms with Crippen molar-refractivity contribution in [3.63, 3.8) is 0 Å². The number of rotatable bonds is 5. The van der Waals surface area contributed by atoms with Gasteiger partial charge in [-0.25, -0.2) is 4.79 Å². The maximum Gasteiger partial charge on any atom is 0.410 e. The van der Waals surface area contributed by atoms with Crippen LogP contribution in [-0.4, -0.2) is 93.0 Å². The molecule has 0 radical (unpaired) electrons. The molecule has 1 unspecified atom stereocenters. The normalized spacial score (nSPS) is 21.6. The van der Waals surface area contributed by atoms with E-state index in [-0.39, 0.29) is 30.1 Å². The summed E-state index contributed by atoms with van der Waals surface area (Å²) in [6.45, 7) is 12.2. The summed E-state index contributed by atoms with van der Waals surface area (Å²) < 4.78 is 11.0. The Balaban J connectivity index is 0.00000364. The fraction of sp³-hybridized carbons (Fsp3) is 0.889. The van der Waals surface area contributed by atoms with E-state index in [0.717, 1.165) is 58.1 Å². The maximum absolute atomic E-state index is 12.1. The second-order valence-electron chi connectivity index (χ2n) is 7.82. The molecule has 2 aliphatic heterocycles. The predicted molar refractivity (Wildman–Crippen MR) is 118 cm³/mol. The SMILES string of the molecule is CN=C(NCCN1CCN(C(=O)OC(C)(C)C)CC1)NCC1CCCO1.I. The molecule has 1 amide bonds. The molecule has 158 valence electrons. The first-order valence-corrected chi connectivity index (χ1v) is 9.64.